The van der Waals surface area contributed by atoms with Gasteiger partial charge in [0.25, 0.3) is 0 Å². The number of ether oxygens (including phenoxy) is 2. The van der Waals surface area contributed by atoms with E-state index in [1.54, 1.807) is 20.8 Å². The Hall–Kier alpha value is -3.88. The van der Waals surface area contributed by atoms with Crippen molar-refractivity contribution in [2.24, 2.45) is 0 Å². The smallest absolute Gasteiger partial charge is 0.408 e. The van der Waals surface area contributed by atoms with Crippen LogP contribution in [0.15, 0.2) is 54.6 Å². The van der Waals surface area contributed by atoms with E-state index in [1.807, 2.05) is 61.5 Å². The lowest BCUT2D eigenvalue weighted by Crippen LogP contribution is -2.54. The summed E-state index contributed by atoms with van der Waals surface area (Å²) < 4.78 is 10.2. The number of alkyl carbamates (subject to hydrolysis) is 1. The van der Waals surface area contributed by atoms with Gasteiger partial charge >= 0.3 is 12.1 Å². The number of methoxy groups -OCH3 is 1. The Balaban J connectivity index is 2.55. The molecule has 2 N–H and O–H groups in total. The molecule has 9 heteroatoms. The van der Waals surface area contributed by atoms with E-state index in [4.69, 9.17) is 9.47 Å². The number of amides is 3. The van der Waals surface area contributed by atoms with E-state index in [-0.39, 0.29) is 19.5 Å². The molecule has 0 fully saturated rings. The second-order valence-corrected chi connectivity index (χ2v) is 11.3. The number of aryl methyl sites for hydroxylation is 1. The molecule has 0 aliphatic rings. The van der Waals surface area contributed by atoms with Crippen LogP contribution in [-0.4, -0.2) is 60.6 Å². The molecule has 3 amide bonds. The molecule has 2 rings (SSSR count). The van der Waals surface area contributed by atoms with Crippen molar-refractivity contribution in [3.63, 3.8) is 0 Å². The van der Waals surface area contributed by atoms with Crippen LogP contribution in [0.1, 0.15) is 83.0 Å². The molecular formula is C33H47N3O6. The Labute approximate surface area is 250 Å². The molecule has 2 atom stereocenters. The average Bonchev–Trinajstić information content (AvgIpc) is 2.96. The van der Waals surface area contributed by atoms with Crippen LogP contribution in [0.25, 0.3) is 0 Å². The minimum Gasteiger partial charge on any atom is -0.468 e. The molecule has 42 heavy (non-hydrogen) atoms. The minimum atomic E-state index is -1.03. The molecule has 0 aliphatic carbocycles. The van der Waals surface area contributed by atoms with Crippen LogP contribution in [0.2, 0.25) is 0 Å². The average molecular weight is 582 g/mol. The van der Waals surface area contributed by atoms with Crippen molar-refractivity contribution in [2.75, 3.05) is 20.2 Å². The Kier molecular flexibility index (Phi) is 14.0. The summed E-state index contributed by atoms with van der Waals surface area (Å²) in [4.78, 5) is 54.5. The standard InChI is InChI=1S/C33H47N3O6/c1-7-9-10-14-21-36(29(30(38)34-23-28(37)41-6)26-19-17-24(8-2)18-20-26)31(39)27(22-25-15-12-11-13-16-25)35-32(40)42-33(3,4)5/h11-13,15-20,27,29H,7-10,14,21-23H2,1-6H3,(H,34,38)(H,35,40). The highest BCUT2D eigenvalue weighted by Crippen LogP contribution is 2.25. The maximum absolute atomic E-state index is 14.4. The molecule has 2 aromatic rings. The number of nitrogens with one attached hydrogen (secondary N) is 2. The number of nitrogens with zero attached hydrogens (tertiary/aromatic N) is 1. The third-order valence-electron chi connectivity index (χ3n) is 6.71. The topological polar surface area (TPSA) is 114 Å². The SMILES string of the molecule is CCCCCCN(C(=O)C(Cc1ccccc1)NC(=O)OC(C)(C)C)C(C(=O)NCC(=O)OC)c1ccc(CC)cc1. The van der Waals surface area contributed by atoms with Gasteiger partial charge in [-0.1, -0.05) is 87.7 Å². The molecule has 0 aromatic heterocycles. The molecule has 9 nitrogen and oxygen atoms in total. The van der Waals surface area contributed by atoms with Crippen LogP contribution in [0.5, 0.6) is 0 Å². The molecule has 230 valence electrons. The Morgan fingerprint density at radius 3 is 2.12 bits per heavy atom. The lowest BCUT2D eigenvalue weighted by Gasteiger charge is -2.34. The fourth-order valence-corrected chi connectivity index (χ4v) is 4.51. The quantitative estimate of drug-likeness (QED) is 0.223. The lowest BCUT2D eigenvalue weighted by atomic mass is 9.98. The number of unbranched alkanes of at least 4 members (excludes halogenated alkanes) is 3. The van der Waals surface area contributed by atoms with E-state index in [9.17, 15) is 19.2 Å². The zero-order valence-electron chi connectivity index (χ0n) is 25.9. The van der Waals surface area contributed by atoms with Crippen molar-refractivity contribution in [1.82, 2.24) is 15.5 Å². The van der Waals surface area contributed by atoms with E-state index in [0.29, 0.717) is 12.0 Å². The number of hydrogen-bond acceptors (Lipinski definition) is 6. The summed E-state index contributed by atoms with van der Waals surface area (Å²) in [7, 11) is 1.25. The predicted octanol–water partition coefficient (Wildman–Crippen LogP) is 5.12. The third kappa shape index (κ3) is 11.5. The van der Waals surface area contributed by atoms with Gasteiger partial charge in [0.15, 0.2) is 0 Å². The molecule has 0 saturated carbocycles. The molecule has 2 unspecified atom stereocenters. The van der Waals surface area contributed by atoms with Gasteiger partial charge in [0.05, 0.1) is 7.11 Å². The first kappa shape index (κ1) is 34.3. The van der Waals surface area contributed by atoms with Gasteiger partial charge in [-0.25, -0.2) is 4.79 Å². The van der Waals surface area contributed by atoms with Crippen LogP contribution >= 0.6 is 0 Å². The third-order valence-corrected chi connectivity index (χ3v) is 6.71. The van der Waals surface area contributed by atoms with E-state index >= 15 is 0 Å². The number of carbonyl (C=O) groups excluding carboxylic acids is 4. The van der Waals surface area contributed by atoms with Crippen molar-refractivity contribution in [2.45, 2.75) is 90.8 Å². The summed E-state index contributed by atoms with van der Waals surface area (Å²) in [5.41, 5.74) is 1.77. The molecule has 2 aromatic carbocycles. The molecular weight excluding hydrogens is 534 g/mol. The summed E-state index contributed by atoms with van der Waals surface area (Å²) >= 11 is 0. The zero-order chi connectivity index (χ0) is 31.1. The van der Waals surface area contributed by atoms with Gasteiger partial charge in [-0.15, -0.1) is 0 Å². The first-order valence-electron chi connectivity index (χ1n) is 14.8. The van der Waals surface area contributed by atoms with Gasteiger partial charge in [-0.3, -0.25) is 14.4 Å². The van der Waals surface area contributed by atoms with Gasteiger partial charge in [0.2, 0.25) is 11.8 Å². The highest BCUT2D eigenvalue weighted by atomic mass is 16.6. The second kappa shape index (κ2) is 17.2. The fourth-order valence-electron chi connectivity index (χ4n) is 4.51. The monoisotopic (exact) mass is 581 g/mol. The van der Waals surface area contributed by atoms with Crippen molar-refractivity contribution < 1.29 is 28.7 Å². The van der Waals surface area contributed by atoms with Gasteiger partial charge < -0.3 is 25.0 Å². The van der Waals surface area contributed by atoms with Crippen LogP contribution in [0, 0.1) is 0 Å². The highest BCUT2D eigenvalue weighted by Gasteiger charge is 2.36. The molecule has 0 radical (unpaired) electrons. The van der Waals surface area contributed by atoms with Gasteiger partial charge in [-0.2, -0.15) is 0 Å². The largest absolute Gasteiger partial charge is 0.468 e. The Bertz CT molecular complexity index is 1140. The minimum absolute atomic E-state index is 0.204. The van der Waals surface area contributed by atoms with Gasteiger partial charge in [0.1, 0.15) is 24.2 Å². The van der Waals surface area contributed by atoms with Crippen molar-refractivity contribution >= 4 is 23.9 Å². The Morgan fingerprint density at radius 2 is 1.55 bits per heavy atom. The maximum atomic E-state index is 14.4. The predicted molar refractivity (Wildman–Crippen MR) is 163 cm³/mol. The second-order valence-electron chi connectivity index (χ2n) is 11.3. The zero-order valence-corrected chi connectivity index (χ0v) is 25.9. The molecule has 0 aliphatic heterocycles. The molecule has 0 bridgehead atoms. The molecule has 0 saturated heterocycles. The Morgan fingerprint density at radius 1 is 0.881 bits per heavy atom. The van der Waals surface area contributed by atoms with Crippen LogP contribution in [0.4, 0.5) is 4.79 Å². The van der Waals surface area contributed by atoms with Crippen molar-refractivity contribution in [3.8, 4) is 0 Å². The lowest BCUT2D eigenvalue weighted by molar-refractivity contribution is -0.144. The summed E-state index contributed by atoms with van der Waals surface area (Å²) in [6.07, 6.45) is 3.82. The summed E-state index contributed by atoms with van der Waals surface area (Å²) in [5.74, 6) is -1.53. The number of benzene rings is 2. The van der Waals surface area contributed by atoms with Gasteiger partial charge in [-0.05, 0) is 50.3 Å². The first-order chi connectivity index (χ1) is 20.0. The van der Waals surface area contributed by atoms with E-state index in [0.717, 1.165) is 36.8 Å². The number of carbonyl (C=O) groups is 4. The van der Waals surface area contributed by atoms with Crippen LogP contribution in [0.3, 0.4) is 0 Å². The van der Waals surface area contributed by atoms with Crippen molar-refractivity contribution in [1.29, 1.82) is 0 Å². The van der Waals surface area contributed by atoms with E-state index < -0.39 is 41.6 Å². The fraction of sp³-hybridized carbons (Fsp3) is 0.515. The van der Waals surface area contributed by atoms with E-state index in [2.05, 4.69) is 17.6 Å². The number of esters is 1. The first-order valence-corrected chi connectivity index (χ1v) is 14.8. The van der Waals surface area contributed by atoms with E-state index in [1.165, 1.54) is 12.0 Å². The summed E-state index contributed by atoms with van der Waals surface area (Å²) in [5, 5.41) is 5.41. The van der Waals surface area contributed by atoms with Crippen molar-refractivity contribution in [3.05, 3.63) is 71.3 Å². The molecule has 0 spiro atoms. The molecule has 0 heterocycles. The summed E-state index contributed by atoms with van der Waals surface area (Å²) in [6, 6.07) is 14.9. The van der Waals surface area contributed by atoms with Crippen LogP contribution in [-0.2, 0) is 36.7 Å². The van der Waals surface area contributed by atoms with Gasteiger partial charge in [0, 0.05) is 13.0 Å². The normalized spacial score (nSPS) is 12.5. The number of rotatable bonds is 15. The van der Waals surface area contributed by atoms with Crippen LogP contribution < -0.4 is 10.6 Å². The highest BCUT2D eigenvalue weighted by molar-refractivity contribution is 5.93. The maximum Gasteiger partial charge on any atom is 0.408 e. The number of hydrogen-bond donors (Lipinski definition) is 2. The summed E-state index contributed by atoms with van der Waals surface area (Å²) in [6.45, 7) is 9.34.